The van der Waals surface area contributed by atoms with Crippen molar-refractivity contribution < 1.29 is 47.6 Å². The number of aliphatic imine (C=N–C) groups is 1. The van der Waals surface area contributed by atoms with Gasteiger partial charge in [-0.2, -0.15) is 8.42 Å². The number of unbranched alkanes of at least 4 members (excludes halogenated alkanes) is 12. The first-order chi connectivity index (χ1) is 12.0. The first-order valence-corrected chi connectivity index (χ1v) is 11.7. The Hall–Kier alpha value is 0.380. The molecule has 0 aliphatic heterocycles. The third-order valence-electron chi connectivity index (χ3n) is 4.34. The van der Waals surface area contributed by atoms with Gasteiger partial charge in [-0.05, 0) is 25.2 Å². The van der Waals surface area contributed by atoms with Gasteiger partial charge in [-0.3, -0.25) is 4.55 Å². The van der Waals surface area contributed by atoms with Gasteiger partial charge in [-0.1, -0.05) is 84.0 Å². The van der Waals surface area contributed by atoms with Crippen molar-refractivity contribution in [2.24, 2.45) is 4.99 Å². The van der Waals surface area contributed by atoms with Gasteiger partial charge >= 0.3 is 29.6 Å². The molecule has 1 N–H and O–H groups in total. The molecule has 0 bridgehead atoms. The van der Waals surface area contributed by atoms with Gasteiger partial charge in [0.1, 0.15) is 0 Å². The summed E-state index contributed by atoms with van der Waals surface area (Å²) in [5, 5.41) is 11.5. The monoisotopic (exact) mass is 399 g/mol. The molecule has 7 heteroatoms. The van der Waals surface area contributed by atoms with Crippen molar-refractivity contribution in [3.8, 4) is 0 Å². The molecule has 5 nitrogen and oxygen atoms in total. The van der Waals surface area contributed by atoms with E-state index in [-0.39, 0.29) is 54.2 Å². The second kappa shape index (κ2) is 20.1. The van der Waals surface area contributed by atoms with E-state index in [1.54, 1.807) is 0 Å². The molecule has 0 radical (unpaired) electrons. The zero-order valence-electron chi connectivity index (χ0n) is 17.0. The van der Waals surface area contributed by atoms with Crippen LogP contribution in [0, 0.1) is 0 Å². The quantitative estimate of drug-likeness (QED) is 0.124. The number of rotatable bonds is 18. The maximum atomic E-state index is 11.5. The molecule has 0 unspecified atom stereocenters. The standard InChI is InChI=1S/C19H39NO4S.Na/c1-2-3-4-5-6-7-8-9-10-11-12-13-14-16-19(21)20-17-15-18-25(22,23)24;/h2-18H2,1H3,(H,20,21)(H,22,23,24);/q;+1/p-1. The molecule has 26 heavy (non-hydrogen) atoms. The minimum atomic E-state index is -3.93. The van der Waals surface area contributed by atoms with Gasteiger partial charge in [0.2, 0.25) is 0 Å². The molecule has 0 rings (SSSR count). The summed E-state index contributed by atoms with van der Waals surface area (Å²) in [6, 6.07) is 0. The Kier molecular flexibility index (Phi) is 22.1. The van der Waals surface area contributed by atoms with Gasteiger partial charge in [0.25, 0.3) is 10.1 Å². The van der Waals surface area contributed by atoms with Gasteiger partial charge in [0, 0.05) is 6.54 Å². The van der Waals surface area contributed by atoms with E-state index in [4.69, 9.17) is 4.55 Å². The molecule has 0 aliphatic carbocycles. The number of nitrogens with zero attached hydrogens (tertiary/aromatic N) is 1. The van der Waals surface area contributed by atoms with Crippen molar-refractivity contribution in [2.45, 2.75) is 103 Å². The minimum absolute atomic E-state index is 0. The second-order valence-corrected chi connectivity index (χ2v) is 8.48. The topological polar surface area (TPSA) is 89.8 Å². The summed E-state index contributed by atoms with van der Waals surface area (Å²) >= 11 is 0. The van der Waals surface area contributed by atoms with Gasteiger partial charge in [0.15, 0.2) is 0 Å². The summed E-state index contributed by atoms with van der Waals surface area (Å²) < 4.78 is 29.6. The molecule has 0 aromatic carbocycles. The average molecular weight is 400 g/mol. The SMILES string of the molecule is CCCCCCCCCCCCCCCC([O-])=NCCCS(=O)(=O)O.[Na+]. The van der Waals surface area contributed by atoms with Crippen LogP contribution >= 0.6 is 0 Å². The van der Waals surface area contributed by atoms with Gasteiger partial charge in [-0.25, -0.2) is 0 Å². The van der Waals surface area contributed by atoms with Crippen LogP contribution in [0.4, 0.5) is 0 Å². The average Bonchev–Trinajstić information content (AvgIpc) is 2.55. The first-order valence-electron chi connectivity index (χ1n) is 10.1. The molecule has 0 amide bonds. The Bertz CT molecular complexity index is 427. The van der Waals surface area contributed by atoms with Crippen LogP contribution < -0.4 is 34.7 Å². The fourth-order valence-electron chi connectivity index (χ4n) is 2.82. The molecule has 0 fully saturated rings. The predicted molar refractivity (Wildman–Crippen MR) is 104 cm³/mol. The summed E-state index contributed by atoms with van der Waals surface area (Å²) in [6.07, 6.45) is 17.2. The predicted octanol–water partition coefficient (Wildman–Crippen LogP) is 1.51. The third-order valence-corrected chi connectivity index (χ3v) is 5.15. The molecule has 0 aromatic rings. The van der Waals surface area contributed by atoms with Crippen LogP contribution in [0.1, 0.15) is 103 Å². The summed E-state index contributed by atoms with van der Waals surface area (Å²) in [5.41, 5.74) is 0. The molecule has 0 saturated heterocycles. The van der Waals surface area contributed by atoms with Gasteiger partial charge < -0.3 is 10.1 Å². The van der Waals surface area contributed by atoms with Crippen molar-refractivity contribution in [1.29, 1.82) is 0 Å². The molecule has 150 valence electrons. The molecule has 0 spiro atoms. The van der Waals surface area contributed by atoms with Gasteiger partial charge in [0.05, 0.1) is 5.75 Å². The molecular formula is C19H38NNaO4S. The molecule has 0 atom stereocenters. The smallest absolute Gasteiger partial charge is 0.862 e. The van der Waals surface area contributed by atoms with Crippen LogP contribution in [-0.2, 0) is 10.1 Å². The van der Waals surface area contributed by atoms with Gasteiger partial charge in [-0.15, -0.1) is 0 Å². The van der Waals surface area contributed by atoms with E-state index >= 15 is 0 Å². The van der Waals surface area contributed by atoms with Crippen LogP contribution in [0.15, 0.2) is 4.99 Å². The summed E-state index contributed by atoms with van der Waals surface area (Å²) in [6.45, 7) is 2.43. The normalized spacial score (nSPS) is 12.2. The van der Waals surface area contributed by atoms with E-state index in [2.05, 4.69) is 11.9 Å². The fraction of sp³-hybridized carbons (Fsp3) is 0.947. The summed E-state index contributed by atoms with van der Waals surface area (Å²) in [4.78, 5) is 3.81. The summed E-state index contributed by atoms with van der Waals surface area (Å²) in [7, 11) is -3.93. The van der Waals surface area contributed by atoms with E-state index in [1.165, 1.54) is 70.6 Å². The number of hydrogen-bond acceptors (Lipinski definition) is 4. The van der Waals surface area contributed by atoms with E-state index in [0.29, 0.717) is 6.42 Å². The Morgan fingerprint density at radius 1 is 0.808 bits per heavy atom. The van der Waals surface area contributed by atoms with Crippen molar-refractivity contribution >= 4 is 16.0 Å². The molecule has 0 saturated carbocycles. The van der Waals surface area contributed by atoms with Crippen LogP contribution in [0.25, 0.3) is 0 Å². The Morgan fingerprint density at radius 3 is 1.65 bits per heavy atom. The molecular weight excluding hydrogens is 361 g/mol. The van der Waals surface area contributed by atoms with Crippen LogP contribution in [0.3, 0.4) is 0 Å². The first kappa shape index (κ1) is 28.6. The molecule has 0 aromatic heterocycles. The Morgan fingerprint density at radius 2 is 1.23 bits per heavy atom. The third kappa shape index (κ3) is 24.4. The van der Waals surface area contributed by atoms with Crippen molar-refractivity contribution in [1.82, 2.24) is 0 Å². The fourth-order valence-corrected chi connectivity index (χ4v) is 3.32. The second-order valence-electron chi connectivity index (χ2n) is 6.91. The summed E-state index contributed by atoms with van der Waals surface area (Å²) in [5.74, 6) is -0.485. The zero-order chi connectivity index (χ0) is 18.8. The van der Waals surface area contributed by atoms with Crippen LogP contribution in [0.5, 0.6) is 0 Å². The molecule has 0 heterocycles. The Labute approximate surface area is 183 Å². The van der Waals surface area contributed by atoms with E-state index in [1.807, 2.05) is 0 Å². The zero-order valence-corrected chi connectivity index (χ0v) is 19.9. The van der Waals surface area contributed by atoms with Crippen LogP contribution in [-0.4, -0.2) is 31.2 Å². The van der Waals surface area contributed by atoms with E-state index in [9.17, 15) is 13.5 Å². The largest absolute Gasteiger partial charge is 1.00 e. The van der Waals surface area contributed by atoms with Crippen molar-refractivity contribution in [2.75, 3.05) is 12.3 Å². The number of hydrogen-bond donors (Lipinski definition) is 1. The van der Waals surface area contributed by atoms with Crippen LogP contribution in [0.2, 0.25) is 0 Å². The minimum Gasteiger partial charge on any atom is -0.862 e. The maximum Gasteiger partial charge on any atom is 1.00 e. The maximum absolute atomic E-state index is 11.5. The van der Waals surface area contributed by atoms with Crippen molar-refractivity contribution in [3.63, 3.8) is 0 Å². The van der Waals surface area contributed by atoms with E-state index in [0.717, 1.165) is 12.8 Å². The Balaban J connectivity index is 0. The van der Waals surface area contributed by atoms with E-state index < -0.39 is 10.1 Å². The molecule has 0 aliphatic rings. The van der Waals surface area contributed by atoms with Crippen molar-refractivity contribution in [3.05, 3.63) is 0 Å².